The second-order valence-electron chi connectivity index (χ2n) is 3.61. The molecule has 1 aliphatic rings. The van der Waals surface area contributed by atoms with Gasteiger partial charge in [-0.3, -0.25) is 4.98 Å². The Morgan fingerprint density at radius 1 is 1.43 bits per heavy atom. The van der Waals surface area contributed by atoms with Crippen LogP contribution in [0.1, 0.15) is 24.8 Å². The molecule has 0 amide bonds. The normalized spacial score (nSPS) is 26.4. The average Bonchev–Trinajstić information content (AvgIpc) is 2.19. The summed E-state index contributed by atoms with van der Waals surface area (Å²) in [6.07, 6.45) is 8.84. The van der Waals surface area contributed by atoms with Gasteiger partial charge in [0.25, 0.3) is 0 Å². The Morgan fingerprint density at radius 3 is 2.93 bits per heavy atom. The fourth-order valence-corrected chi connectivity index (χ4v) is 1.74. The molecule has 1 aromatic rings. The summed E-state index contributed by atoms with van der Waals surface area (Å²) in [4.78, 5) is 3.74. The minimum atomic E-state index is -1.02. The van der Waals surface area contributed by atoms with Crippen molar-refractivity contribution >= 4 is 0 Å². The lowest BCUT2D eigenvalue weighted by atomic mass is 9.85. The van der Waals surface area contributed by atoms with E-state index < -0.39 is 11.4 Å². The molecule has 1 N–H and O–H groups in total. The highest BCUT2D eigenvalue weighted by molar-refractivity contribution is 5.26. The summed E-state index contributed by atoms with van der Waals surface area (Å²) in [6, 6.07) is 1.34. The molecule has 0 fully saturated rings. The van der Waals surface area contributed by atoms with Gasteiger partial charge < -0.3 is 5.11 Å². The van der Waals surface area contributed by atoms with Gasteiger partial charge in [-0.15, -0.1) is 0 Å². The van der Waals surface area contributed by atoms with Crippen LogP contribution < -0.4 is 0 Å². The minimum absolute atomic E-state index is 0.408. The lowest BCUT2D eigenvalue weighted by molar-refractivity contribution is 0.0719. The van der Waals surface area contributed by atoms with Crippen LogP contribution >= 0.6 is 0 Å². The summed E-state index contributed by atoms with van der Waals surface area (Å²) >= 11 is 0. The monoisotopic (exact) mass is 193 g/mol. The van der Waals surface area contributed by atoms with Gasteiger partial charge in [0.05, 0.1) is 6.20 Å². The molecular formula is C11H12FNO. The van der Waals surface area contributed by atoms with E-state index in [4.69, 9.17) is 0 Å². The summed E-state index contributed by atoms with van der Waals surface area (Å²) in [5, 5.41) is 10.2. The molecular weight excluding hydrogens is 181 g/mol. The highest BCUT2D eigenvalue weighted by atomic mass is 19.1. The highest BCUT2D eigenvalue weighted by Gasteiger charge is 2.27. The van der Waals surface area contributed by atoms with E-state index in [1.54, 1.807) is 6.08 Å². The number of aromatic nitrogens is 1. The molecule has 0 aliphatic heterocycles. The van der Waals surface area contributed by atoms with Crippen LogP contribution in [0.15, 0.2) is 30.6 Å². The van der Waals surface area contributed by atoms with Gasteiger partial charge in [-0.1, -0.05) is 12.2 Å². The number of allylic oxidation sites excluding steroid dienone is 1. The standard InChI is InChI=1S/C11H12FNO/c12-10-6-9(7-13-8-10)11(14)4-2-1-3-5-11/h2,4,6-8,14H,1,3,5H2. The van der Waals surface area contributed by atoms with Crippen molar-refractivity contribution in [3.05, 3.63) is 42.0 Å². The Labute approximate surface area is 82.1 Å². The van der Waals surface area contributed by atoms with Crippen LogP contribution in [-0.2, 0) is 5.60 Å². The van der Waals surface area contributed by atoms with E-state index in [1.807, 2.05) is 6.08 Å². The molecule has 0 spiro atoms. The van der Waals surface area contributed by atoms with Crippen molar-refractivity contribution in [3.8, 4) is 0 Å². The van der Waals surface area contributed by atoms with Crippen molar-refractivity contribution in [1.29, 1.82) is 0 Å². The summed E-state index contributed by atoms with van der Waals surface area (Å²) in [5.74, 6) is -0.408. The van der Waals surface area contributed by atoms with E-state index in [-0.39, 0.29) is 0 Å². The van der Waals surface area contributed by atoms with Crippen LogP contribution in [-0.4, -0.2) is 10.1 Å². The summed E-state index contributed by atoms with van der Waals surface area (Å²) in [7, 11) is 0. The SMILES string of the molecule is OC1(c2cncc(F)c2)C=CCCC1. The third-order valence-corrected chi connectivity index (χ3v) is 2.53. The van der Waals surface area contributed by atoms with Crippen LogP contribution in [0.3, 0.4) is 0 Å². The van der Waals surface area contributed by atoms with E-state index in [9.17, 15) is 9.50 Å². The molecule has 74 valence electrons. The zero-order valence-electron chi connectivity index (χ0n) is 7.78. The van der Waals surface area contributed by atoms with E-state index in [0.717, 1.165) is 19.0 Å². The Bertz CT molecular complexity index is 364. The molecule has 0 saturated carbocycles. The van der Waals surface area contributed by atoms with Gasteiger partial charge in [-0.05, 0) is 25.3 Å². The average molecular weight is 193 g/mol. The molecule has 2 nitrogen and oxygen atoms in total. The molecule has 1 atom stereocenters. The first-order valence-electron chi connectivity index (χ1n) is 4.72. The molecule has 3 heteroatoms. The smallest absolute Gasteiger partial charge is 0.141 e. The van der Waals surface area contributed by atoms with Crippen LogP contribution in [0.4, 0.5) is 4.39 Å². The van der Waals surface area contributed by atoms with Gasteiger partial charge in [-0.2, -0.15) is 0 Å². The Kier molecular flexibility index (Phi) is 2.33. The molecule has 1 unspecified atom stereocenters. The van der Waals surface area contributed by atoms with Crippen molar-refractivity contribution in [3.63, 3.8) is 0 Å². The number of hydrogen-bond acceptors (Lipinski definition) is 2. The third kappa shape index (κ3) is 1.68. The molecule has 0 saturated heterocycles. The zero-order chi connectivity index (χ0) is 10.0. The summed E-state index contributed by atoms with van der Waals surface area (Å²) in [6.45, 7) is 0. The fraction of sp³-hybridized carbons (Fsp3) is 0.364. The second-order valence-corrected chi connectivity index (χ2v) is 3.61. The van der Waals surface area contributed by atoms with E-state index in [2.05, 4.69) is 4.98 Å². The van der Waals surface area contributed by atoms with E-state index in [0.29, 0.717) is 12.0 Å². The number of halogens is 1. The van der Waals surface area contributed by atoms with Crippen LogP contribution in [0.25, 0.3) is 0 Å². The molecule has 1 heterocycles. The van der Waals surface area contributed by atoms with Crippen LogP contribution in [0, 0.1) is 5.82 Å². The van der Waals surface area contributed by atoms with Gasteiger partial charge in [0.1, 0.15) is 11.4 Å². The molecule has 1 aromatic heterocycles. The summed E-state index contributed by atoms with van der Waals surface area (Å²) in [5.41, 5.74) is -0.485. The maximum atomic E-state index is 12.9. The number of hydrogen-bond donors (Lipinski definition) is 1. The first-order valence-corrected chi connectivity index (χ1v) is 4.72. The second kappa shape index (κ2) is 3.50. The zero-order valence-corrected chi connectivity index (χ0v) is 7.78. The minimum Gasteiger partial charge on any atom is -0.381 e. The largest absolute Gasteiger partial charge is 0.381 e. The Hall–Kier alpha value is -1.22. The lowest BCUT2D eigenvalue weighted by Gasteiger charge is -2.27. The van der Waals surface area contributed by atoms with Crippen LogP contribution in [0.5, 0.6) is 0 Å². The predicted molar refractivity (Wildman–Crippen MR) is 51.1 cm³/mol. The number of pyridine rings is 1. The van der Waals surface area contributed by atoms with Gasteiger partial charge in [-0.25, -0.2) is 4.39 Å². The van der Waals surface area contributed by atoms with Crippen molar-refractivity contribution in [2.75, 3.05) is 0 Å². The molecule has 0 radical (unpaired) electrons. The van der Waals surface area contributed by atoms with E-state index in [1.165, 1.54) is 12.3 Å². The third-order valence-electron chi connectivity index (χ3n) is 2.53. The predicted octanol–water partition coefficient (Wildman–Crippen LogP) is 2.15. The van der Waals surface area contributed by atoms with Crippen molar-refractivity contribution < 1.29 is 9.50 Å². The Balaban J connectivity index is 2.37. The van der Waals surface area contributed by atoms with Crippen molar-refractivity contribution in [1.82, 2.24) is 4.98 Å². The van der Waals surface area contributed by atoms with Gasteiger partial charge in [0, 0.05) is 11.8 Å². The molecule has 1 aliphatic carbocycles. The molecule has 14 heavy (non-hydrogen) atoms. The van der Waals surface area contributed by atoms with Gasteiger partial charge in [0.2, 0.25) is 0 Å². The van der Waals surface area contributed by atoms with E-state index >= 15 is 0 Å². The fourth-order valence-electron chi connectivity index (χ4n) is 1.74. The maximum Gasteiger partial charge on any atom is 0.141 e. The lowest BCUT2D eigenvalue weighted by Crippen LogP contribution is -2.25. The van der Waals surface area contributed by atoms with Crippen LogP contribution in [0.2, 0.25) is 0 Å². The van der Waals surface area contributed by atoms with Gasteiger partial charge in [0.15, 0.2) is 0 Å². The van der Waals surface area contributed by atoms with Crippen molar-refractivity contribution in [2.24, 2.45) is 0 Å². The number of aliphatic hydroxyl groups is 1. The number of nitrogens with zero attached hydrogens (tertiary/aromatic N) is 1. The van der Waals surface area contributed by atoms with Crippen molar-refractivity contribution in [2.45, 2.75) is 24.9 Å². The topological polar surface area (TPSA) is 33.1 Å². The summed E-state index contributed by atoms with van der Waals surface area (Å²) < 4.78 is 12.9. The van der Waals surface area contributed by atoms with Gasteiger partial charge >= 0.3 is 0 Å². The highest BCUT2D eigenvalue weighted by Crippen LogP contribution is 2.31. The first-order chi connectivity index (χ1) is 6.71. The maximum absolute atomic E-state index is 12.9. The first kappa shape index (κ1) is 9.34. The Morgan fingerprint density at radius 2 is 2.29 bits per heavy atom. The number of rotatable bonds is 1. The molecule has 0 aromatic carbocycles. The quantitative estimate of drug-likeness (QED) is 0.693. The molecule has 0 bridgehead atoms. The molecule has 2 rings (SSSR count).